The van der Waals surface area contributed by atoms with Crippen LogP contribution in [0.15, 0.2) is 12.1 Å². The number of rotatable bonds is 9. The highest BCUT2D eigenvalue weighted by Crippen LogP contribution is 2.14. The van der Waals surface area contributed by atoms with Crippen LogP contribution in [0.3, 0.4) is 0 Å². The number of nitrogens with zero attached hydrogens (tertiary/aromatic N) is 1. The Morgan fingerprint density at radius 2 is 2.05 bits per heavy atom. The lowest BCUT2D eigenvalue weighted by atomic mass is 10.2. The lowest BCUT2D eigenvalue weighted by molar-refractivity contribution is -0.118. The molecule has 116 valence electrons. The third-order valence-corrected chi connectivity index (χ3v) is 2.94. The van der Waals surface area contributed by atoms with Gasteiger partial charge in [0.1, 0.15) is 11.0 Å². The second-order valence-corrected chi connectivity index (χ2v) is 5.06. The molecule has 0 spiro atoms. The molecule has 1 heterocycles. The van der Waals surface area contributed by atoms with Gasteiger partial charge in [-0.1, -0.05) is 18.5 Å². The molecule has 0 bridgehead atoms. The molecule has 0 aliphatic rings. The van der Waals surface area contributed by atoms with Gasteiger partial charge in [0.25, 0.3) is 5.91 Å². The number of carbonyl (C=O) groups excluding carboxylic acids is 2. The first-order chi connectivity index (χ1) is 10.0. The lowest BCUT2D eigenvalue weighted by Crippen LogP contribution is -2.25. The standard InChI is InChI=1S/C14H21ClN4O2/c1-2-6-17-13-9-10(8-11(15)19-13)14(21)18-7-4-3-5-12(16)20/h8-9H,2-7H2,1H3,(H2,16,20)(H,17,19)(H,18,21). The number of primary amides is 1. The smallest absolute Gasteiger partial charge is 0.251 e. The zero-order valence-corrected chi connectivity index (χ0v) is 12.9. The quantitative estimate of drug-likeness (QED) is 0.479. The monoisotopic (exact) mass is 312 g/mol. The van der Waals surface area contributed by atoms with Gasteiger partial charge in [0.15, 0.2) is 0 Å². The molecule has 1 aromatic heterocycles. The van der Waals surface area contributed by atoms with E-state index >= 15 is 0 Å². The molecule has 2 amide bonds. The van der Waals surface area contributed by atoms with Crippen LogP contribution in [-0.4, -0.2) is 29.9 Å². The predicted octanol–water partition coefficient (Wildman–Crippen LogP) is 1.94. The van der Waals surface area contributed by atoms with Crippen LogP contribution in [0.25, 0.3) is 0 Å². The number of nitrogens with two attached hydrogens (primary N) is 1. The third kappa shape index (κ3) is 6.94. The summed E-state index contributed by atoms with van der Waals surface area (Å²) in [5, 5.41) is 6.14. The molecule has 0 aliphatic carbocycles. The van der Waals surface area contributed by atoms with E-state index in [-0.39, 0.29) is 17.0 Å². The zero-order valence-electron chi connectivity index (χ0n) is 12.1. The molecule has 0 saturated heterocycles. The summed E-state index contributed by atoms with van der Waals surface area (Å²) < 4.78 is 0. The summed E-state index contributed by atoms with van der Waals surface area (Å²) >= 11 is 5.91. The molecule has 0 aliphatic heterocycles. The van der Waals surface area contributed by atoms with E-state index in [9.17, 15) is 9.59 Å². The summed E-state index contributed by atoms with van der Waals surface area (Å²) in [4.78, 5) is 26.7. The molecule has 0 fully saturated rings. The van der Waals surface area contributed by atoms with E-state index in [1.54, 1.807) is 6.07 Å². The van der Waals surface area contributed by atoms with E-state index in [0.29, 0.717) is 37.2 Å². The number of carbonyl (C=O) groups is 2. The van der Waals surface area contributed by atoms with Gasteiger partial charge < -0.3 is 16.4 Å². The highest BCUT2D eigenvalue weighted by Gasteiger charge is 2.08. The number of nitrogens with one attached hydrogen (secondary N) is 2. The van der Waals surface area contributed by atoms with E-state index < -0.39 is 0 Å². The topological polar surface area (TPSA) is 97.1 Å². The van der Waals surface area contributed by atoms with Crippen molar-refractivity contribution in [1.29, 1.82) is 0 Å². The van der Waals surface area contributed by atoms with Gasteiger partial charge in [0.05, 0.1) is 0 Å². The van der Waals surface area contributed by atoms with Gasteiger partial charge in [-0.25, -0.2) is 4.98 Å². The van der Waals surface area contributed by atoms with E-state index in [4.69, 9.17) is 17.3 Å². The van der Waals surface area contributed by atoms with Crippen molar-refractivity contribution in [2.45, 2.75) is 32.6 Å². The van der Waals surface area contributed by atoms with Crippen molar-refractivity contribution in [3.63, 3.8) is 0 Å². The first kappa shape index (κ1) is 17.2. The van der Waals surface area contributed by atoms with Crippen molar-refractivity contribution in [3.05, 3.63) is 22.8 Å². The normalized spacial score (nSPS) is 10.2. The first-order valence-corrected chi connectivity index (χ1v) is 7.38. The molecule has 21 heavy (non-hydrogen) atoms. The van der Waals surface area contributed by atoms with Gasteiger partial charge in [-0.05, 0) is 31.4 Å². The maximum atomic E-state index is 12.0. The van der Waals surface area contributed by atoms with Gasteiger partial charge in [-0.2, -0.15) is 0 Å². The second kappa shape index (κ2) is 9.18. The minimum atomic E-state index is -0.325. The average molecular weight is 313 g/mol. The summed E-state index contributed by atoms with van der Waals surface area (Å²) in [5.41, 5.74) is 5.51. The molecule has 0 saturated carbocycles. The summed E-state index contributed by atoms with van der Waals surface area (Å²) in [7, 11) is 0. The molecule has 7 heteroatoms. The highest BCUT2D eigenvalue weighted by atomic mass is 35.5. The molecule has 4 N–H and O–H groups in total. The number of anilines is 1. The van der Waals surface area contributed by atoms with Crippen LogP contribution < -0.4 is 16.4 Å². The Labute approximate surface area is 129 Å². The maximum Gasteiger partial charge on any atom is 0.251 e. The largest absolute Gasteiger partial charge is 0.370 e. The molecule has 1 aromatic rings. The molecule has 0 radical (unpaired) electrons. The number of unbranched alkanes of at least 4 members (excludes halogenated alkanes) is 1. The lowest BCUT2D eigenvalue weighted by Gasteiger charge is -2.08. The SMILES string of the molecule is CCCNc1cc(C(=O)NCCCCC(N)=O)cc(Cl)n1. The van der Waals surface area contributed by atoms with Crippen molar-refractivity contribution in [1.82, 2.24) is 10.3 Å². The number of hydrogen-bond acceptors (Lipinski definition) is 4. The van der Waals surface area contributed by atoms with Crippen molar-refractivity contribution >= 4 is 29.2 Å². The maximum absolute atomic E-state index is 12.0. The minimum absolute atomic E-state index is 0.210. The minimum Gasteiger partial charge on any atom is -0.370 e. The number of pyridine rings is 1. The zero-order chi connectivity index (χ0) is 15.7. The average Bonchev–Trinajstić information content (AvgIpc) is 2.43. The Morgan fingerprint density at radius 1 is 1.29 bits per heavy atom. The van der Waals surface area contributed by atoms with E-state index in [1.165, 1.54) is 6.07 Å². The van der Waals surface area contributed by atoms with Crippen molar-refractivity contribution in [3.8, 4) is 0 Å². The molecule has 0 atom stereocenters. The summed E-state index contributed by atoms with van der Waals surface area (Å²) in [5.74, 6) is 0.0510. The van der Waals surface area contributed by atoms with Gasteiger partial charge in [0, 0.05) is 25.1 Å². The number of hydrogen-bond donors (Lipinski definition) is 3. The molecule has 0 aromatic carbocycles. The summed E-state index contributed by atoms with van der Waals surface area (Å²) in [6.07, 6.45) is 2.65. The fraction of sp³-hybridized carbons (Fsp3) is 0.500. The van der Waals surface area contributed by atoms with Crippen LogP contribution in [0.2, 0.25) is 5.15 Å². The van der Waals surface area contributed by atoms with Crippen LogP contribution in [0.4, 0.5) is 5.82 Å². The Balaban J connectivity index is 2.49. The number of amides is 2. The number of aromatic nitrogens is 1. The van der Waals surface area contributed by atoms with E-state index in [0.717, 1.165) is 13.0 Å². The van der Waals surface area contributed by atoms with Crippen LogP contribution in [0.1, 0.15) is 43.0 Å². The number of halogens is 1. The van der Waals surface area contributed by atoms with Gasteiger partial charge in [0.2, 0.25) is 5.91 Å². The van der Waals surface area contributed by atoms with Crippen molar-refractivity contribution < 1.29 is 9.59 Å². The first-order valence-electron chi connectivity index (χ1n) is 7.01. The Hall–Kier alpha value is -1.82. The van der Waals surface area contributed by atoms with E-state index in [1.807, 2.05) is 6.92 Å². The molecule has 1 rings (SSSR count). The highest BCUT2D eigenvalue weighted by molar-refractivity contribution is 6.29. The molecule has 6 nitrogen and oxygen atoms in total. The van der Waals surface area contributed by atoms with Gasteiger partial charge in [-0.15, -0.1) is 0 Å². The van der Waals surface area contributed by atoms with Crippen LogP contribution in [0, 0.1) is 0 Å². The molecule has 0 unspecified atom stereocenters. The summed E-state index contributed by atoms with van der Waals surface area (Å²) in [6.45, 7) is 3.29. The fourth-order valence-electron chi connectivity index (χ4n) is 1.70. The molecular weight excluding hydrogens is 292 g/mol. The van der Waals surface area contributed by atoms with Crippen LogP contribution in [0.5, 0.6) is 0 Å². The second-order valence-electron chi connectivity index (χ2n) is 4.67. The van der Waals surface area contributed by atoms with Crippen LogP contribution >= 0.6 is 11.6 Å². The van der Waals surface area contributed by atoms with E-state index in [2.05, 4.69) is 15.6 Å². The Morgan fingerprint density at radius 3 is 2.71 bits per heavy atom. The third-order valence-electron chi connectivity index (χ3n) is 2.75. The predicted molar refractivity (Wildman–Crippen MR) is 83.4 cm³/mol. The molecular formula is C14H21ClN4O2. The van der Waals surface area contributed by atoms with Crippen LogP contribution in [-0.2, 0) is 4.79 Å². The van der Waals surface area contributed by atoms with Gasteiger partial charge in [-0.3, -0.25) is 9.59 Å². The van der Waals surface area contributed by atoms with Crippen molar-refractivity contribution in [2.24, 2.45) is 5.73 Å². The van der Waals surface area contributed by atoms with Gasteiger partial charge >= 0.3 is 0 Å². The Bertz CT molecular complexity index is 494. The summed E-state index contributed by atoms with van der Waals surface area (Å²) in [6, 6.07) is 3.19. The Kier molecular flexibility index (Phi) is 7.53. The van der Waals surface area contributed by atoms with Crippen molar-refractivity contribution in [2.75, 3.05) is 18.4 Å². The fourth-order valence-corrected chi connectivity index (χ4v) is 1.91.